The summed E-state index contributed by atoms with van der Waals surface area (Å²) in [5, 5.41) is 3.13. The number of hydrogen-bond donors (Lipinski definition) is 1. The molecular formula is C15H21FN2O. The average Bonchev–Trinajstić information content (AvgIpc) is 2.24. The summed E-state index contributed by atoms with van der Waals surface area (Å²) in [5.74, 6) is -0.173. The zero-order valence-electron chi connectivity index (χ0n) is 11.6. The lowest BCUT2D eigenvalue weighted by atomic mass is 9.72. The zero-order chi connectivity index (χ0) is 13.9. The van der Waals surface area contributed by atoms with Crippen molar-refractivity contribution in [2.45, 2.75) is 31.2 Å². The van der Waals surface area contributed by atoms with Crippen LogP contribution in [-0.2, 0) is 11.2 Å². The highest BCUT2D eigenvalue weighted by Crippen LogP contribution is 2.35. The Labute approximate surface area is 113 Å². The normalized spacial score (nSPS) is 17.1. The summed E-state index contributed by atoms with van der Waals surface area (Å²) in [7, 11) is 3.75. The van der Waals surface area contributed by atoms with Gasteiger partial charge in [-0.3, -0.25) is 4.79 Å². The number of benzene rings is 1. The maximum absolute atomic E-state index is 13.2. The van der Waals surface area contributed by atoms with Gasteiger partial charge in [0.05, 0.1) is 6.54 Å². The molecule has 1 fully saturated rings. The van der Waals surface area contributed by atoms with Crippen LogP contribution in [-0.4, -0.2) is 37.0 Å². The van der Waals surface area contributed by atoms with Crippen molar-refractivity contribution in [3.63, 3.8) is 0 Å². The number of halogens is 1. The number of nitrogens with zero attached hydrogens (tertiary/aromatic N) is 1. The van der Waals surface area contributed by atoms with E-state index >= 15 is 0 Å². The van der Waals surface area contributed by atoms with E-state index < -0.39 is 0 Å². The fourth-order valence-corrected chi connectivity index (χ4v) is 2.61. The quantitative estimate of drug-likeness (QED) is 0.882. The highest BCUT2D eigenvalue weighted by atomic mass is 19.1. The van der Waals surface area contributed by atoms with Crippen LogP contribution in [0, 0.1) is 5.82 Å². The van der Waals surface area contributed by atoms with Gasteiger partial charge in [0, 0.05) is 5.54 Å². The number of carbonyl (C=O) groups is 1. The second-order valence-corrected chi connectivity index (χ2v) is 5.73. The monoisotopic (exact) mass is 264 g/mol. The second-order valence-electron chi connectivity index (χ2n) is 5.73. The van der Waals surface area contributed by atoms with Crippen molar-refractivity contribution < 1.29 is 9.18 Å². The van der Waals surface area contributed by atoms with Crippen molar-refractivity contribution in [3.05, 3.63) is 35.6 Å². The molecule has 3 nitrogen and oxygen atoms in total. The third-order valence-electron chi connectivity index (χ3n) is 3.61. The van der Waals surface area contributed by atoms with Gasteiger partial charge in [-0.15, -0.1) is 0 Å². The molecule has 2 rings (SSSR count). The molecule has 1 N–H and O–H groups in total. The van der Waals surface area contributed by atoms with Crippen LogP contribution in [0.15, 0.2) is 24.3 Å². The summed E-state index contributed by atoms with van der Waals surface area (Å²) in [6.07, 6.45) is 3.78. The van der Waals surface area contributed by atoms with E-state index in [1.165, 1.54) is 6.07 Å². The van der Waals surface area contributed by atoms with Gasteiger partial charge < -0.3 is 10.2 Å². The van der Waals surface area contributed by atoms with E-state index in [1.807, 2.05) is 25.1 Å². The van der Waals surface area contributed by atoms with Gasteiger partial charge in [0.1, 0.15) is 5.82 Å². The maximum Gasteiger partial charge on any atom is 0.234 e. The molecule has 1 aromatic carbocycles. The summed E-state index contributed by atoms with van der Waals surface area (Å²) in [6, 6.07) is 6.64. The van der Waals surface area contributed by atoms with E-state index in [9.17, 15) is 9.18 Å². The molecule has 19 heavy (non-hydrogen) atoms. The van der Waals surface area contributed by atoms with Gasteiger partial charge in [-0.05, 0) is 57.5 Å². The molecule has 0 radical (unpaired) electrons. The molecule has 4 heteroatoms. The van der Waals surface area contributed by atoms with Gasteiger partial charge in [0.15, 0.2) is 0 Å². The minimum absolute atomic E-state index is 0.0427. The van der Waals surface area contributed by atoms with E-state index in [4.69, 9.17) is 0 Å². The van der Waals surface area contributed by atoms with Crippen molar-refractivity contribution in [3.8, 4) is 0 Å². The van der Waals surface area contributed by atoms with E-state index in [0.29, 0.717) is 13.0 Å². The van der Waals surface area contributed by atoms with Crippen molar-refractivity contribution in [2.75, 3.05) is 20.6 Å². The Morgan fingerprint density at radius 2 is 2.16 bits per heavy atom. The number of nitrogens with one attached hydrogen (secondary N) is 1. The van der Waals surface area contributed by atoms with Crippen molar-refractivity contribution in [1.29, 1.82) is 0 Å². The summed E-state index contributed by atoms with van der Waals surface area (Å²) in [5.41, 5.74) is 0.783. The summed E-state index contributed by atoms with van der Waals surface area (Å²) in [4.78, 5) is 13.7. The first-order valence-electron chi connectivity index (χ1n) is 6.69. The molecule has 0 aliphatic heterocycles. The van der Waals surface area contributed by atoms with Crippen LogP contribution in [0.2, 0.25) is 0 Å². The standard InChI is InChI=1S/C15H21FN2O/c1-18(2)11-14(19)17-15(7-4-8-15)10-12-5-3-6-13(16)9-12/h3,5-6,9H,4,7-8,10-11H2,1-2H3,(H,17,19). The third-order valence-corrected chi connectivity index (χ3v) is 3.61. The van der Waals surface area contributed by atoms with Crippen LogP contribution in [0.25, 0.3) is 0 Å². The Bertz CT molecular complexity index is 455. The van der Waals surface area contributed by atoms with E-state index in [1.54, 1.807) is 12.1 Å². The molecular weight excluding hydrogens is 243 g/mol. The largest absolute Gasteiger partial charge is 0.349 e. The van der Waals surface area contributed by atoms with E-state index in [0.717, 1.165) is 24.8 Å². The lowest BCUT2D eigenvalue weighted by Gasteiger charge is -2.43. The Kier molecular flexibility index (Phi) is 4.20. The average molecular weight is 264 g/mol. The highest BCUT2D eigenvalue weighted by Gasteiger charge is 2.38. The fraction of sp³-hybridized carbons (Fsp3) is 0.533. The van der Waals surface area contributed by atoms with Gasteiger partial charge in [0.25, 0.3) is 0 Å². The summed E-state index contributed by atoms with van der Waals surface area (Å²) in [6.45, 7) is 0.394. The Morgan fingerprint density at radius 1 is 1.42 bits per heavy atom. The Balaban J connectivity index is 2.00. The summed E-state index contributed by atoms with van der Waals surface area (Å²) >= 11 is 0. The number of carbonyl (C=O) groups excluding carboxylic acids is 1. The number of amides is 1. The molecule has 1 amide bonds. The van der Waals surface area contributed by atoms with Crippen LogP contribution in [0.1, 0.15) is 24.8 Å². The molecule has 104 valence electrons. The molecule has 1 aromatic rings. The summed E-state index contributed by atoms with van der Waals surface area (Å²) < 4.78 is 13.2. The van der Waals surface area contributed by atoms with Crippen LogP contribution in [0.3, 0.4) is 0 Å². The van der Waals surface area contributed by atoms with Gasteiger partial charge in [-0.25, -0.2) is 4.39 Å². The highest BCUT2D eigenvalue weighted by molar-refractivity contribution is 5.79. The van der Waals surface area contributed by atoms with Crippen molar-refractivity contribution in [2.24, 2.45) is 0 Å². The molecule has 0 saturated heterocycles. The van der Waals surface area contributed by atoms with Gasteiger partial charge >= 0.3 is 0 Å². The lowest BCUT2D eigenvalue weighted by Crippen LogP contribution is -2.56. The third kappa shape index (κ3) is 3.77. The van der Waals surface area contributed by atoms with Gasteiger partial charge in [0.2, 0.25) is 5.91 Å². The van der Waals surface area contributed by atoms with Crippen LogP contribution in [0.5, 0.6) is 0 Å². The molecule has 1 saturated carbocycles. The van der Waals surface area contributed by atoms with Gasteiger partial charge in [-0.2, -0.15) is 0 Å². The SMILES string of the molecule is CN(C)CC(=O)NC1(Cc2cccc(F)c2)CCC1. The fourth-order valence-electron chi connectivity index (χ4n) is 2.61. The van der Waals surface area contributed by atoms with Crippen molar-refractivity contribution >= 4 is 5.91 Å². The molecule has 0 spiro atoms. The van der Waals surface area contributed by atoms with Crippen LogP contribution in [0.4, 0.5) is 4.39 Å². The van der Waals surface area contributed by atoms with Crippen LogP contribution < -0.4 is 5.32 Å². The molecule has 0 heterocycles. The topological polar surface area (TPSA) is 32.3 Å². The first-order valence-corrected chi connectivity index (χ1v) is 6.69. The molecule has 0 unspecified atom stereocenters. The lowest BCUT2D eigenvalue weighted by molar-refractivity contribution is -0.124. The first-order chi connectivity index (χ1) is 8.99. The Hall–Kier alpha value is -1.42. The molecule has 0 atom stereocenters. The zero-order valence-corrected chi connectivity index (χ0v) is 11.6. The van der Waals surface area contributed by atoms with E-state index in [-0.39, 0.29) is 17.3 Å². The molecule has 1 aliphatic carbocycles. The predicted molar refractivity (Wildman–Crippen MR) is 73.4 cm³/mol. The number of rotatable bonds is 5. The smallest absolute Gasteiger partial charge is 0.234 e. The minimum atomic E-state index is -0.216. The number of hydrogen-bond acceptors (Lipinski definition) is 2. The van der Waals surface area contributed by atoms with Gasteiger partial charge in [-0.1, -0.05) is 12.1 Å². The predicted octanol–water partition coefficient (Wildman–Crippen LogP) is 1.97. The second kappa shape index (κ2) is 5.70. The number of likely N-dealkylation sites (N-methyl/N-ethyl adjacent to an activating group) is 1. The maximum atomic E-state index is 13.2. The molecule has 0 bridgehead atoms. The Morgan fingerprint density at radius 3 is 2.68 bits per heavy atom. The van der Waals surface area contributed by atoms with Crippen LogP contribution >= 0.6 is 0 Å². The first kappa shape index (κ1) is 14.0. The van der Waals surface area contributed by atoms with Crippen molar-refractivity contribution in [1.82, 2.24) is 10.2 Å². The van der Waals surface area contributed by atoms with E-state index in [2.05, 4.69) is 5.32 Å². The minimum Gasteiger partial charge on any atom is -0.349 e. The molecule has 1 aliphatic rings. The molecule has 0 aromatic heterocycles.